The number of rotatable bonds is 7. The van der Waals surface area contributed by atoms with Crippen LogP contribution in [0.3, 0.4) is 0 Å². The lowest BCUT2D eigenvalue weighted by Crippen LogP contribution is -2.26. The van der Waals surface area contributed by atoms with Gasteiger partial charge in [0, 0.05) is 43.9 Å². The monoisotopic (exact) mass is 837 g/mol. The third kappa shape index (κ3) is 5.44. The summed E-state index contributed by atoms with van der Waals surface area (Å²) < 4.78 is 45.7. The Labute approximate surface area is 384 Å². The molecule has 3 heteroatoms. The predicted octanol–water partition coefficient (Wildman–Crippen LogP) is 17.0. The molecule has 0 N–H and O–H groups in total. The average molecular weight is 838 g/mol. The van der Waals surface area contributed by atoms with Gasteiger partial charge in [-0.05, 0) is 128 Å². The average Bonchev–Trinajstić information content (AvgIpc) is 4.03. The fourth-order valence-electron chi connectivity index (χ4n) is 10.5. The second-order valence-corrected chi connectivity index (χ2v) is 17.5. The van der Waals surface area contributed by atoms with E-state index in [1.807, 2.05) is 18.2 Å². The first-order chi connectivity index (χ1) is 33.8. The number of fused-ring (bicyclic) bond motifs is 13. The zero-order valence-electron chi connectivity index (χ0n) is 39.5. The van der Waals surface area contributed by atoms with E-state index < -0.39 is 11.5 Å². The second-order valence-electron chi connectivity index (χ2n) is 16.4. The Morgan fingerprint density at radius 3 is 1.55 bits per heavy atom. The molecule has 10 aromatic carbocycles. The maximum absolute atomic E-state index is 8.96. The molecular weight excluding hydrogens is 793 g/mol. The second kappa shape index (κ2) is 14.6. The van der Waals surface area contributed by atoms with E-state index >= 15 is 0 Å². The minimum atomic E-state index is -0.687. The third-order valence-electron chi connectivity index (χ3n) is 13.1. The van der Waals surface area contributed by atoms with E-state index in [2.05, 4.69) is 204 Å². The molecule has 0 aliphatic heterocycles. The molecule has 13 rings (SSSR count). The van der Waals surface area contributed by atoms with Crippen LogP contribution in [0.15, 0.2) is 243 Å². The molecular formula is C61H40N2S. The standard InChI is InChI=1S/C61H40N2S/c1-4-18-41(19-5-1)42-20-16-25-45(38-42)63(58-32-17-29-53-52-28-12-15-33-59(52)64-60(53)58)47-35-37-51-49-27-11-14-31-55(49)61(57(51)40-47)54-30-13-10-26-48(54)50-36-34-46(39-56(50)61)62(43-21-6-2-7-22-43)44-23-8-3-9-24-44/h1-40H/i1D,4D,5D,18D,19D. The first kappa shape index (κ1) is 31.8. The molecule has 0 bridgehead atoms. The Morgan fingerprint density at radius 1 is 0.359 bits per heavy atom. The molecule has 2 nitrogen and oxygen atoms in total. The summed E-state index contributed by atoms with van der Waals surface area (Å²) in [4.78, 5) is 4.63. The quantitative estimate of drug-likeness (QED) is 0.158. The van der Waals surface area contributed by atoms with E-state index in [-0.39, 0.29) is 29.7 Å². The molecule has 1 aromatic heterocycles. The van der Waals surface area contributed by atoms with E-state index in [1.165, 1.54) is 54.6 Å². The lowest BCUT2D eigenvalue weighted by atomic mass is 9.70. The van der Waals surface area contributed by atoms with Crippen LogP contribution in [0.4, 0.5) is 34.1 Å². The van der Waals surface area contributed by atoms with Crippen molar-refractivity contribution < 1.29 is 6.85 Å². The highest BCUT2D eigenvalue weighted by atomic mass is 32.1. The van der Waals surface area contributed by atoms with Crippen LogP contribution in [-0.2, 0) is 5.41 Å². The first-order valence-corrected chi connectivity index (χ1v) is 22.4. The van der Waals surface area contributed by atoms with E-state index in [0.29, 0.717) is 5.56 Å². The number of anilines is 6. The molecule has 0 radical (unpaired) electrons. The third-order valence-corrected chi connectivity index (χ3v) is 14.3. The van der Waals surface area contributed by atoms with Gasteiger partial charge in [-0.2, -0.15) is 0 Å². The molecule has 0 saturated heterocycles. The molecule has 1 heterocycles. The maximum Gasteiger partial charge on any atom is 0.0727 e. The van der Waals surface area contributed by atoms with Gasteiger partial charge in [0.15, 0.2) is 0 Å². The van der Waals surface area contributed by atoms with Crippen molar-refractivity contribution in [1.82, 2.24) is 0 Å². The highest BCUT2D eigenvalue weighted by Crippen LogP contribution is 2.64. The van der Waals surface area contributed by atoms with Crippen molar-refractivity contribution in [1.29, 1.82) is 0 Å². The number of thiophene rings is 1. The Hall–Kier alpha value is -7.98. The van der Waals surface area contributed by atoms with Crippen LogP contribution in [0.2, 0.25) is 0 Å². The SMILES string of the molecule is [2H]c1c([2H])c([2H])c(-c2cccc(N(c3ccc4c(c3)C3(c5ccccc5-c5ccc(N(c6ccccc6)c6ccccc6)cc53)c3ccccc3-4)c3cccc4c3sc3ccccc34)c2)c([2H])c1[2H]. The van der Waals surface area contributed by atoms with Gasteiger partial charge < -0.3 is 9.80 Å². The fourth-order valence-corrected chi connectivity index (χ4v) is 11.7. The van der Waals surface area contributed by atoms with Crippen molar-refractivity contribution in [3.8, 4) is 33.4 Å². The summed E-state index contributed by atoms with van der Waals surface area (Å²) in [6.45, 7) is 0. The van der Waals surface area contributed by atoms with E-state index in [4.69, 9.17) is 6.85 Å². The van der Waals surface area contributed by atoms with Crippen molar-refractivity contribution in [2.45, 2.75) is 5.41 Å². The molecule has 0 amide bonds. The topological polar surface area (TPSA) is 6.48 Å². The molecule has 2 aliphatic carbocycles. The number of hydrogen-bond acceptors (Lipinski definition) is 3. The molecule has 0 saturated carbocycles. The van der Waals surface area contributed by atoms with Crippen LogP contribution < -0.4 is 9.80 Å². The van der Waals surface area contributed by atoms with Crippen LogP contribution in [0.25, 0.3) is 53.6 Å². The Morgan fingerprint density at radius 2 is 0.875 bits per heavy atom. The van der Waals surface area contributed by atoms with Gasteiger partial charge in [-0.15, -0.1) is 11.3 Å². The van der Waals surface area contributed by atoms with E-state index in [0.717, 1.165) is 44.2 Å². The van der Waals surface area contributed by atoms with Crippen LogP contribution in [0.1, 0.15) is 29.1 Å². The summed E-state index contributed by atoms with van der Waals surface area (Å²) >= 11 is 1.76. The van der Waals surface area contributed by atoms with Gasteiger partial charge in [-0.25, -0.2) is 0 Å². The summed E-state index contributed by atoms with van der Waals surface area (Å²) in [5.74, 6) is 0. The van der Waals surface area contributed by atoms with Gasteiger partial charge in [0.1, 0.15) is 0 Å². The summed E-state index contributed by atoms with van der Waals surface area (Å²) in [6.07, 6.45) is 0. The van der Waals surface area contributed by atoms with Crippen LogP contribution in [0, 0.1) is 0 Å². The first-order valence-electron chi connectivity index (χ1n) is 24.1. The van der Waals surface area contributed by atoms with Crippen molar-refractivity contribution in [2.24, 2.45) is 0 Å². The molecule has 1 spiro atoms. The minimum Gasteiger partial charge on any atom is -0.310 e. The predicted molar refractivity (Wildman–Crippen MR) is 270 cm³/mol. The fraction of sp³-hybridized carbons (Fsp3) is 0.0164. The normalized spacial score (nSPS) is 15.4. The highest BCUT2D eigenvalue weighted by Gasteiger charge is 2.52. The smallest absolute Gasteiger partial charge is 0.0727 e. The Kier molecular flexibility index (Phi) is 7.23. The van der Waals surface area contributed by atoms with Crippen LogP contribution >= 0.6 is 11.3 Å². The van der Waals surface area contributed by atoms with Gasteiger partial charge >= 0.3 is 0 Å². The van der Waals surface area contributed by atoms with E-state index in [9.17, 15) is 0 Å². The van der Waals surface area contributed by atoms with Crippen molar-refractivity contribution in [2.75, 3.05) is 9.80 Å². The van der Waals surface area contributed by atoms with Gasteiger partial charge in [0.25, 0.3) is 0 Å². The molecule has 11 aromatic rings. The van der Waals surface area contributed by atoms with Crippen molar-refractivity contribution >= 4 is 65.6 Å². The van der Waals surface area contributed by atoms with E-state index in [1.54, 1.807) is 11.3 Å². The van der Waals surface area contributed by atoms with Crippen LogP contribution in [0.5, 0.6) is 0 Å². The van der Waals surface area contributed by atoms with Gasteiger partial charge in [-0.3, -0.25) is 0 Å². The molecule has 2 aliphatic rings. The van der Waals surface area contributed by atoms with Crippen molar-refractivity contribution in [3.05, 3.63) is 265 Å². The number of hydrogen-bond donors (Lipinski definition) is 0. The van der Waals surface area contributed by atoms with Gasteiger partial charge in [0.05, 0.1) is 22.7 Å². The number of para-hydroxylation sites is 2. The Balaban J connectivity index is 1.08. The minimum absolute atomic E-state index is 0.168. The molecule has 1 unspecified atom stereocenters. The Bertz CT molecular complexity index is 3810. The summed E-state index contributed by atoms with van der Waals surface area (Å²) in [5.41, 5.74) is 15.5. The number of nitrogens with zero attached hydrogens (tertiary/aromatic N) is 2. The summed E-state index contributed by atoms with van der Waals surface area (Å²) in [7, 11) is 0. The molecule has 300 valence electrons. The summed E-state index contributed by atoms with van der Waals surface area (Å²) in [5, 5.41) is 2.34. The van der Waals surface area contributed by atoms with Crippen molar-refractivity contribution in [3.63, 3.8) is 0 Å². The highest BCUT2D eigenvalue weighted by molar-refractivity contribution is 7.26. The molecule has 1 atom stereocenters. The lowest BCUT2D eigenvalue weighted by molar-refractivity contribution is 0.793. The summed E-state index contributed by atoms with van der Waals surface area (Å²) in [6, 6.07) is 73.9. The number of benzene rings is 10. The zero-order valence-corrected chi connectivity index (χ0v) is 35.3. The zero-order chi connectivity index (χ0) is 46.5. The maximum atomic E-state index is 8.96. The van der Waals surface area contributed by atoms with Gasteiger partial charge in [0.2, 0.25) is 0 Å². The largest absolute Gasteiger partial charge is 0.310 e. The lowest BCUT2D eigenvalue weighted by Gasteiger charge is -2.33. The van der Waals surface area contributed by atoms with Gasteiger partial charge in [-0.1, -0.05) is 170 Å². The molecule has 64 heavy (non-hydrogen) atoms. The molecule has 0 fully saturated rings. The van der Waals surface area contributed by atoms with Crippen LogP contribution in [-0.4, -0.2) is 0 Å².